The molecule has 0 aromatic heterocycles. The lowest BCUT2D eigenvalue weighted by molar-refractivity contribution is -0.119. The van der Waals surface area contributed by atoms with Crippen molar-refractivity contribution >= 4 is 11.6 Å². The summed E-state index contributed by atoms with van der Waals surface area (Å²) >= 11 is 0. The first-order valence-corrected chi connectivity index (χ1v) is 7.79. The maximum absolute atomic E-state index is 12.0. The molecule has 23 heavy (non-hydrogen) atoms. The second-order valence-corrected chi connectivity index (χ2v) is 5.80. The fourth-order valence-electron chi connectivity index (χ4n) is 2.61. The van der Waals surface area contributed by atoms with Crippen LogP contribution in [0.5, 0.6) is 0 Å². The third-order valence-corrected chi connectivity index (χ3v) is 3.95. The van der Waals surface area contributed by atoms with Crippen LogP contribution in [0.2, 0.25) is 0 Å². The molecule has 1 amide bonds. The van der Waals surface area contributed by atoms with Crippen LogP contribution in [-0.2, 0) is 4.79 Å². The Morgan fingerprint density at radius 1 is 1.00 bits per heavy atom. The molecule has 4 heteroatoms. The number of hydrogen-bond acceptors (Lipinski definition) is 3. The summed E-state index contributed by atoms with van der Waals surface area (Å²) < 4.78 is 0. The van der Waals surface area contributed by atoms with Crippen molar-refractivity contribution in [3.63, 3.8) is 0 Å². The van der Waals surface area contributed by atoms with Gasteiger partial charge < -0.3 is 15.7 Å². The van der Waals surface area contributed by atoms with Gasteiger partial charge in [-0.15, -0.1) is 0 Å². The van der Waals surface area contributed by atoms with Gasteiger partial charge in [-0.1, -0.05) is 42.5 Å². The number of amides is 1. The van der Waals surface area contributed by atoms with Crippen LogP contribution in [0.3, 0.4) is 0 Å². The van der Waals surface area contributed by atoms with E-state index in [0.717, 1.165) is 27.9 Å². The monoisotopic (exact) mass is 312 g/mol. The molecule has 0 fully saturated rings. The quantitative estimate of drug-likeness (QED) is 0.768. The van der Waals surface area contributed by atoms with Crippen molar-refractivity contribution in [2.45, 2.75) is 26.9 Å². The third-order valence-electron chi connectivity index (χ3n) is 3.95. The lowest BCUT2D eigenvalue weighted by Gasteiger charge is -2.16. The van der Waals surface area contributed by atoms with E-state index in [2.05, 4.69) is 10.6 Å². The number of aliphatic hydroxyl groups excluding tert-OH is 1. The van der Waals surface area contributed by atoms with Gasteiger partial charge in [0, 0.05) is 12.2 Å². The van der Waals surface area contributed by atoms with Crippen LogP contribution >= 0.6 is 0 Å². The Morgan fingerprint density at radius 2 is 1.61 bits per heavy atom. The molecule has 0 radical (unpaired) electrons. The zero-order chi connectivity index (χ0) is 16.8. The first-order valence-electron chi connectivity index (χ1n) is 7.79. The molecule has 2 aromatic rings. The molecule has 0 aliphatic rings. The number of nitrogens with one attached hydrogen (secondary N) is 2. The van der Waals surface area contributed by atoms with Crippen molar-refractivity contribution in [3.8, 4) is 0 Å². The van der Waals surface area contributed by atoms with Gasteiger partial charge in [0.2, 0.25) is 5.91 Å². The SMILES string of the molecule is Cc1ccccc1C(O)CNC(=O)CNc1c(C)cccc1C. The fraction of sp³-hybridized carbons (Fsp3) is 0.316. The number of anilines is 1. The minimum absolute atomic E-state index is 0.139. The minimum atomic E-state index is -0.694. The van der Waals surface area contributed by atoms with Crippen LogP contribution in [0.4, 0.5) is 5.69 Å². The average molecular weight is 312 g/mol. The standard InChI is InChI=1S/C19H24N2O2/c1-13-7-4-5-10-16(13)17(22)11-20-18(23)12-21-19-14(2)8-6-9-15(19)3/h4-10,17,21-22H,11-12H2,1-3H3,(H,20,23). The molecule has 2 rings (SSSR count). The van der Waals surface area contributed by atoms with E-state index < -0.39 is 6.10 Å². The van der Waals surface area contributed by atoms with Crippen molar-refractivity contribution in [3.05, 3.63) is 64.7 Å². The van der Waals surface area contributed by atoms with Crippen LogP contribution in [0.1, 0.15) is 28.4 Å². The van der Waals surface area contributed by atoms with Crippen LogP contribution in [-0.4, -0.2) is 24.1 Å². The number of rotatable bonds is 6. The topological polar surface area (TPSA) is 61.4 Å². The largest absolute Gasteiger partial charge is 0.387 e. The van der Waals surface area contributed by atoms with Gasteiger partial charge in [0.1, 0.15) is 0 Å². The maximum Gasteiger partial charge on any atom is 0.239 e. The summed E-state index contributed by atoms with van der Waals surface area (Å²) in [6, 6.07) is 13.7. The zero-order valence-electron chi connectivity index (χ0n) is 13.9. The lowest BCUT2D eigenvalue weighted by Crippen LogP contribution is -2.33. The van der Waals surface area contributed by atoms with Crippen LogP contribution in [0.15, 0.2) is 42.5 Å². The molecule has 4 nitrogen and oxygen atoms in total. The summed E-state index contributed by atoms with van der Waals surface area (Å²) in [6.45, 7) is 6.36. The minimum Gasteiger partial charge on any atom is -0.387 e. The molecule has 122 valence electrons. The van der Waals surface area contributed by atoms with Crippen molar-refractivity contribution in [2.24, 2.45) is 0 Å². The Bertz CT molecular complexity index is 663. The van der Waals surface area contributed by atoms with E-state index >= 15 is 0 Å². The number of hydrogen-bond donors (Lipinski definition) is 3. The first kappa shape index (κ1) is 17.0. The summed E-state index contributed by atoms with van der Waals surface area (Å²) in [6.07, 6.45) is -0.694. The van der Waals surface area contributed by atoms with Crippen molar-refractivity contribution in [1.29, 1.82) is 0 Å². The van der Waals surface area contributed by atoms with Crippen molar-refractivity contribution in [1.82, 2.24) is 5.32 Å². The summed E-state index contributed by atoms with van der Waals surface area (Å²) in [7, 11) is 0. The average Bonchev–Trinajstić information content (AvgIpc) is 2.52. The highest BCUT2D eigenvalue weighted by Gasteiger charge is 2.11. The Balaban J connectivity index is 1.85. The fourth-order valence-corrected chi connectivity index (χ4v) is 2.61. The molecule has 0 saturated heterocycles. The summed E-state index contributed by atoms with van der Waals surface area (Å²) in [5.74, 6) is -0.139. The molecule has 0 saturated carbocycles. The number of carbonyl (C=O) groups excluding carboxylic acids is 1. The normalized spacial score (nSPS) is 11.8. The molecule has 0 aliphatic carbocycles. The van der Waals surface area contributed by atoms with E-state index in [-0.39, 0.29) is 19.0 Å². The highest BCUT2D eigenvalue weighted by atomic mass is 16.3. The van der Waals surface area contributed by atoms with Gasteiger partial charge in [0.15, 0.2) is 0 Å². The van der Waals surface area contributed by atoms with E-state index in [9.17, 15) is 9.90 Å². The van der Waals surface area contributed by atoms with Crippen LogP contribution in [0, 0.1) is 20.8 Å². The number of carbonyl (C=O) groups is 1. The second kappa shape index (κ2) is 7.79. The molecule has 0 spiro atoms. The number of aliphatic hydroxyl groups is 1. The predicted molar refractivity (Wildman–Crippen MR) is 93.6 cm³/mol. The molecule has 3 N–H and O–H groups in total. The number of aryl methyl sites for hydroxylation is 3. The molecule has 1 atom stereocenters. The van der Waals surface area contributed by atoms with Crippen LogP contribution < -0.4 is 10.6 Å². The zero-order valence-corrected chi connectivity index (χ0v) is 13.9. The molecule has 1 unspecified atom stereocenters. The number of benzene rings is 2. The second-order valence-electron chi connectivity index (χ2n) is 5.80. The van der Waals surface area contributed by atoms with Gasteiger partial charge in [-0.05, 0) is 43.0 Å². The number of para-hydroxylation sites is 1. The van der Waals surface area contributed by atoms with Gasteiger partial charge in [0.05, 0.1) is 12.6 Å². The van der Waals surface area contributed by atoms with E-state index in [0.29, 0.717) is 0 Å². The molecule has 0 bridgehead atoms. The smallest absolute Gasteiger partial charge is 0.239 e. The molecular formula is C19H24N2O2. The van der Waals surface area contributed by atoms with Crippen molar-refractivity contribution in [2.75, 3.05) is 18.4 Å². The van der Waals surface area contributed by atoms with Gasteiger partial charge in [-0.2, -0.15) is 0 Å². The van der Waals surface area contributed by atoms with E-state index in [1.54, 1.807) is 0 Å². The summed E-state index contributed by atoms with van der Waals surface area (Å²) in [4.78, 5) is 12.0. The molecule has 0 aliphatic heterocycles. The van der Waals surface area contributed by atoms with Gasteiger partial charge in [-0.25, -0.2) is 0 Å². The Kier molecular flexibility index (Phi) is 5.77. The van der Waals surface area contributed by atoms with E-state index in [1.807, 2.05) is 63.2 Å². The molecule has 0 heterocycles. The highest BCUT2D eigenvalue weighted by molar-refractivity contribution is 5.81. The van der Waals surface area contributed by atoms with Gasteiger partial charge in [0.25, 0.3) is 0 Å². The molecule has 2 aromatic carbocycles. The maximum atomic E-state index is 12.0. The first-order chi connectivity index (χ1) is 11.0. The van der Waals surface area contributed by atoms with Crippen LogP contribution in [0.25, 0.3) is 0 Å². The van der Waals surface area contributed by atoms with E-state index in [1.165, 1.54) is 0 Å². The van der Waals surface area contributed by atoms with Gasteiger partial charge in [-0.3, -0.25) is 4.79 Å². The van der Waals surface area contributed by atoms with Gasteiger partial charge >= 0.3 is 0 Å². The summed E-state index contributed by atoms with van der Waals surface area (Å²) in [5.41, 5.74) is 5.07. The summed E-state index contributed by atoms with van der Waals surface area (Å²) in [5, 5.41) is 16.1. The Labute approximate surface area is 137 Å². The van der Waals surface area contributed by atoms with E-state index in [4.69, 9.17) is 0 Å². The van der Waals surface area contributed by atoms with Crippen molar-refractivity contribution < 1.29 is 9.90 Å². The Morgan fingerprint density at radius 3 is 2.26 bits per heavy atom. The third kappa shape index (κ3) is 4.57. The Hall–Kier alpha value is -2.33. The molecular weight excluding hydrogens is 288 g/mol. The highest BCUT2D eigenvalue weighted by Crippen LogP contribution is 2.19. The lowest BCUT2D eigenvalue weighted by atomic mass is 10.0. The predicted octanol–water partition coefficient (Wildman–Crippen LogP) is 2.87.